The number of fused-ring (bicyclic) bond motifs is 1. The highest BCUT2D eigenvalue weighted by Gasteiger charge is 2.39. The van der Waals surface area contributed by atoms with Crippen LogP contribution in [0.2, 0.25) is 0 Å². The van der Waals surface area contributed by atoms with Crippen LogP contribution < -0.4 is 5.56 Å². The zero-order valence-corrected chi connectivity index (χ0v) is 18.4. The van der Waals surface area contributed by atoms with Crippen LogP contribution in [-0.4, -0.2) is 38.1 Å². The molecule has 2 aromatic rings. The number of hydrogen-bond donors (Lipinski definition) is 1. The van der Waals surface area contributed by atoms with Gasteiger partial charge in [0.1, 0.15) is 5.82 Å². The highest BCUT2D eigenvalue weighted by Crippen LogP contribution is 2.44. The van der Waals surface area contributed by atoms with Crippen molar-refractivity contribution >= 4 is 5.91 Å². The minimum absolute atomic E-state index is 0.00816. The predicted octanol–water partition coefficient (Wildman–Crippen LogP) is 3.48. The molecule has 1 aromatic carbocycles. The Morgan fingerprint density at radius 1 is 1.07 bits per heavy atom. The van der Waals surface area contributed by atoms with Gasteiger partial charge in [-0.2, -0.15) is 4.98 Å². The summed E-state index contributed by atoms with van der Waals surface area (Å²) >= 11 is 0. The van der Waals surface area contributed by atoms with Crippen molar-refractivity contribution in [3.05, 3.63) is 56.8 Å². The summed E-state index contributed by atoms with van der Waals surface area (Å²) in [6.45, 7) is 9.21. The Kier molecular flexibility index (Phi) is 5.20. The van der Waals surface area contributed by atoms with E-state index >= 15 is 0 Å². The molecule has 160 valence electrons. The number of benzene rings is 1. The molecular formula is C24H31N3O3. The molecule has 0 radical (unpaired) electrons. The summed E-state index contributed by atoms with van der Waals surface area (Å²) in [4.78, 5) is 31.5. The number of amides is 1. The number of hydrogen-bond acceptors (Lipinski definition) is 4. The summed E-state index contributed by atoms with van der Waals surface area (Å²) in [7, 11) is 0. The molecule has 2 heterocycles. The Morgan fingerprint density at radius 3 is 2.30 bits per heavy atom. The molecule has 1 fully saturated rings. The Labute approximate surface area is 177 Å². The van der Waals surface area contributed by atoms with E-state index in [4.69, 9.17) is 0 Å². The van der Waals surface area contributed by atoms with E-state index in [1.54, 1.807) is 9.47 Å². The third-order valence-electron chi connectivity index (χ3n) is 6.78. The third-order valence-corrected chi connectivity index (χ3v) is 6.78. The number of carbonyl (C=O) groups is 1. The first-order chi connectivity index (χ1) is 14.2. The molecule has 6 nitrogen and oxygen atoms in total. The number of aromatic nitrogens is 2. The van der Waals surface area contributed by atoms with E-state index in [1.807, 2.05) is 13.8 Å². The van der Waals surface area contributed by atoms with Crippen molar-refractivity contribution < 1.29 is 9.90 Å². The predicted molar refractivity (Wildman–Crippen MR) is 116 cm³/mol. The van der Waals surface area contributed by atoms with Gasteiger partial charge in [-0.05, 0) is 46.1 Å². The van der Waals surface area contributed by atoms with Crippen molar-refractivity contribution in [3.8, 4) is 5.75 Å². The first kappa shape index (κ1) is 20.6. The SMILES string of the molecule is Cc1cc(C)cc(C2(Cc3nc(=O)c(O)c4n3CCN(C(C)C)C4=O)CCCC2)c1. The number of aromatic hydroxyl groups is 1. The second kappa shape index (κ2) is 7.56. The van der Waals surface area contributed by atoms with Crippen molar-refractivity contribution in [2.24, 2.45) is 0 Å². The minimum atomic E-state index is -0.705. The van der Waals surface area contributed by atoms with Crippen LogP contribution in [0.5, 0.6) is 5.75 Å². The standard InChI is InChI=1S/C24H31N3O3/c1-15(2)26-9-10-27-19(25-22(29)21(28)20(27)23(26)30)14-24(7-5-6-8-24)18-12-16(3)11-17(4)13-18/h11-13,15,28H,5-10,14H2,1-4H3. The van der Waals surface area contributed by atoms with Gasteiger partial charge in [-0.3, -0.25) is 9.59 Å². The van der Waals surface area contributed by atoms with E-state index in [-0.39, 0.29) is 23.1 Å². The molecular weight excluding hydrogens is 378 g/mol. The van der Waals surface area contributed by atoms with Crippen LogP contribution in [0, 0.1) is 13.8 Å². The lowest BCUT2D eigenvalue weighted by Crippen LogP contribution is -2.46. The molecule has 0 spiro atoms. The van der Waals surface area contributed by atoms with Crippen LogP contribution >= 0.6 is 0 Å². The van der Waals surface area contributed by atoms with Gasteiger partial charge in [0, 0.05) is 31.0 Å². The van der Waals surface area contributed by atoms with Gasteiger partial charge in [-0.15, -0.1) is 0 Å². The molecule has 6 heteroatoms. The quantitative estimate of drug-likeness (QED) is 0.839. The van der Waals surface area contributed by atoms with Crippen molar-refractivity contribution in [1.29, 1.82) is 0 Å². The fourth-order valence-electron chi connectivity index (χ4n) is 5.32. The van der Waals surface area contributed by atoms with E-state index in [2.05, 4.69) is 37.0 Å². The third kappa shape index (κ3) is 3.42. The summed E-state index contributed by atoms with van der Waals surface area (Å²) in [6.07, 6.45) is 4.96. The molecule has 0 unspecified atom stereocenters. The van der Waals surface area contributed by atoms with Gasteiger partial charge in [-0.25, -0.2) is 0 Å². The fourth-order valence-corrected chi connectivity index (χ4v) is 5.32. The second-order valence-electron chi connectivity index (χ2n) is 9.31. The van der Waals surface area contributed by atoms with Gasteiger partial charge < -0.3 is 14.6 Å². The minimum Gasteiger partial charge on any atom is -0.501 e. The van der Waals surface area contributed by atoms with Gasteiger partial charge in [0.25, 0.3) is 5.91 Å². The van der Waals surface area contributed by atoms with Crippen LogP contribution in [0.15, 0.2) is 23.0 Å². The van der Waals surface area contributed by atoms with E-state index in [1.165, 1.54) is 16.7 Å². The lowest BCUT2D eigenvalue weighted by atomic mass is 9.75. The van der Waals surface area contributed by atoms with Gasteiger partial charge in [0.15, 0.2) is 5.69 Å². The van der Waals surface area contributed by atoms with E-state index in [9.17, 15) is 14.7 Å². The van der Waals surface area contributed by atoms with Crippen LogP contribution in [-0.2, 0) is 18.4 Å². The number of rotatable bonds is 4. The van der Waals surface area contributed by atoms with Crippen LogP contribution in [0.4, 0.5) is 0 Å². The Bertz CT molecular complexity index is 1030. The summed E-state index contributed by atoms with van der Waals surface area (Å²) in [5, 5.41) is 10.4. The summed E-state index contributed by atoms with van der Waals surface area (Å²) in [6, 6.07) is 6.68. The Morgan fingerprint density at radius 2 is 1.70 bits per heavy atom. The van der Waals surface area contributed by atoms with Crippen LogP contribution in [0.3, 0.4) is 0 Å². The summed E-state index contributed by atoms with van der Waals surface area (Å²) in [5.74, 6) is -0.201. The average molecular weight is 410 g/mol. The fraction of sp³-hybridized carbons (Fsp3) is 0.542. The lowest BCUT2D eigenvalue weighted by molar-refractivity contribution is 0.0636. The van der Waals surface area contributed by atoms with E-state index in [0.717, 1.165) is 25.7 Å². The van der Waals surface area contributed by atoms with Crippen LogP contribution in [0.1, 0.15) is 72.5 Å². The zero-order valence-electron chi connectivity index (χ0n) is 18.4. The molecule has 0 bridgehead atoms. The van der Waals surface area contributed by atoms with Crippen molar-refractivity contribution in [3.63, 3.8) is 0 Å². The topological polar surface area (TPSA) is 75.4 Å². The second-order valence-corrected chi connectivity index (χ2v) is 9.31. The maximum atomic E-state index is 13.0. The molecule has 1 N–H and O–H groups in total. The van der Waals surface area contributed by atoms with Crippen molar-refractivity contribution in [2.75, 3.05) is 6.54 Å². The molecule has 1 amide bonds. The largest absolute Gasteiger partial charge is 0.501 e. The van der Waals surface area contributed by atoms with Crippen molar-refractivity contribution in [2.45, 2.75) is 77.8 Å². The van der Waals surface area contributed by atoms with Gasteiger partial charge in [0.2, 0.25) is 5.75 Å². The normalized spacial score (nSPS) is 18.2. The average Bonchev–Trinajstić information content (AvgIpc) is 3.14. The molecule has 1 aromatic heterocycles. The maximum Gasteiger partial charge on any atom is 0.315 e. The highest BCUT2D eigenvalue weighted by molar-refractivity contribution is 5.95. The Balaban J connectivity index is 1.82. The molecule has 1 aliphatic carbocycles. The molecule has 2 aliphatic rings. The highest BCUT2D eigenvalue weighted by atomic mass is 16.3. The molecule has 1 aliphatic heterocycles. The number of aryl methyl sites for hydroxylation is 2. The number of carbonyl (C=O) groups excluding carboxylic acids is 1. The van der Waals surface area contributed by atoms with Gasteiger partial charge >= 0.3 is 5.56 Å². The zero-order chi connectivity index (χ0) is 21.6. The molecule has 4 rings (SSSR count). The monoisotopic (exact) mass is 409 g/mol. The maximum absolute atomic E-state index is 13.0. The van der Waals surface area contributed by atoms with E-state index < -0.39 is 11.3 Å². The smallest absolute Gasteiger partial charge is 0.315 e. The molecule has 30 heavy (non-hydrogen) atoms. The Hall–Kier alpha value is -2.63. The van der Waals surface area contributed by atoms with Crippen molar-refractivity contribution in [1.82, 2.24) is 14.5 Å². The molecule has 0 saturated heterocycles. The summed E-state index contributed by atoms with van der Waals surface area (Å²) in [5.41, 5.74) is 3.06. The van der Waals surface area contributed by atoms with Gasteiger partial charge in [0.05, 0.1) is 0 Å². The first-order valence-corrected chi connectivity index (χ1v) is 10.9. The molecule has 1 saturated carbocycles. The van der Waals surface area contributed by atoms with Gasteiger partial charge in [-0.1, -0.05) is 42.2 Å². The lowest BCUT2D eigenvalue weighted by Gasteiger charge is -2.36. The summed E-state index contributed by atoms with van der Waals surface area (Å²) < 4.78 is 1.79. The van der Waals surface area contributed by atoms with E-state index in [0.29, 0.717) is 25.3 Å². The first-order valence-electron chi connectivity index (χ1n) is 10.9. The number of nitrogens with zero attached hydrogens (tertiary/aromatic N) is 3. The van der Waals surface area contributed by atoms with Crippen LogP contribution in [0.25, 0.3) is 0 Å². The molecule has 0 atom stereocenters.